The summed E-state index contributed by atoms with van der Waals surface area (Å²) in [6.45, 7) is 0.448. The lowest BCUT2D eigenvalue weighted by molar-refractivity contribution is -0.385. The second kappa shape index (κ2) is 9.49. The summed E-state index contributed by atoms with van der Waals surface area (Å²) < 4.78 is 0. The predicted octanol–water partition coefficient (Wildman–Crippen LogP) is 2.75. The van der Waals surface area contributed by atoms with Gasteiger partial charge in [-0.2, -0.15) is 0 Å². The largest absolute Gasteiger partial charge is 0.481 e. The van der Waals surface area contributed by atoms with Gasteiger partial charge in [-0.15, -0.1) is 0 Å². The van der Waals surface area contributed by atoms with Gasteiger partial charge in [0.15, 0.2) is 0 Å². The summed E-state index contributed by atoms with van der Waals surface area (Å²) in [5.41, 5.74) is -0.136. The highest BCUT2D eigenvalue weighted by molar-refractivity contribution is 5.98. The first-order valence-corrected chi connectivity index (χ1v) is 7.26. The standard InChI is InChI=1S/C15H20N2O5/c18-14(19)10-4-2-1-3-7-11-16-15(20)12-8-5-6-9-13(12)17(21)22/h5-6,8-9H,1-4,7,10-11H2,(H,16,20)(H,18,19). The van der Waals surface area contributed by atoms with E-state index in [9.17, 15) is 19.7 Å². The van der Waals surface area contributed by atoms with Crippen LogP contribution in [0.25, 0.3) is 0 Å². The maximum absolute atomic E-state index is 11.9. The summed E-state index contributed by atoms with van der Waals surface area (Å²) in [6, 6.07) is 5.84. The van der Waals surface area contributed by atoms with Gasteiger partial charge in [-0.3, -0.25) is 19.7 Å². The Kier molecular flexibility index (Phi) is 7.60. The summed E-state index contributed by atoms with van der Waals surface area (Å²) in [5, 5.41) is 22.0. The minimum Gasteiger partial charge on any atom is -0.481 e. The molecule has 0 aromatic heterocycles. The van der Waals surface area contributed by atoms with E-state index in [1.165, 1.54) is 18.2 Å². The highest BCUT2D eigenvalue weighted by atomic mass is 16.6. The predicted molar refractivity (Wildman–Crippen MR) is 80.8 cm³/mol. The normalized spacial score (nSPS) is 10.2. The van der Waals surface area contributed by atoms with E-state index in [1.54, 1.807) is 6.07 Å². The highest BCUT2D eigenvalue weighted by Crippen LogP contribution is 2.17. The number of carbonyl (C=O) groups excluding carboxylic acids is 1. The summed E-state index contributed by atoms with van der Waals surface area (Å²) >= 11 is 0. The molecule has 1 amide bonds. The van der Waals surface area contributed by atoms with Crippen molar-refractivity contribution >= 4 is 17.6 Å². The summed E-state index contributed by atoms with van der Waals surface area (Å²) in [7, 11) is 0. The molecule has 22 heavy (non-hydrogen) atoms. The lowest BCUT2D eigenvalue weighted by Crippen LogP contribution is -2.25. The van der Waals surface area contributed by atoms with Crippen molar-refractivity contribution < 1.29 is 19.6 Å². The number of benzene rings is 1. The molecule has 0 saturated carbocycles. The fourth-order valence-electron chi connectivity index (χ4n) is 2.05. The molecule has 0 saturated heterocycles. The van der Waals surface area contributed by atoms with Crippen molar-refractivity contribution in [2.24, 2.45) is 0 Å². The molecule has 2 N–H and O–H groups in total. The van der Waals surface area contributed by atoms with Crippen molar-refractivity contribution in [1.82, 2.24) is 5.32 Å². The molecule has 0 unspecified atom stereocenters. The van der Waals surface area contributed by atoms with E-state index in [-0.39, 0.29) is 17.7 Å². The Hall–Kier alpha value is -2.44. The fourth-order valence-corrected chi connectivity index (χ4v) is 2.05. The molecule has 0 aliphatic carbocycles. The smallest absolute Gasteiger partial charge is 0.303 e. The van der Waals surface area contributed by atoms with Crippen LogP contribution in [0.1, 0.15) is 48.9 Å². The molecule has 0 radical (unpaired) electrons. The van der Waals surface area contributed by atoms with Crippen molar-refractivity contribution in [3.05, 3.63) is 39.9 Å². The highest BCUT2D eigenvalue weighted by Gasteiger charge is 2.18. The first-order valence-electron chi connectivity index (χ1n) is 7.26. The number of nitro groups is 1. The number of aliphatic carboxylic acids is 1. The van der Waals surface area contributed by atoms with Gasteiger partial charge in [0.25, 0.3) is 11.6 Å². The van der Waals surface area contributed by atoms with Crippen LogP contribution in [0.15, 0.2) is 24.3 Å². The third-order valence-electron chi connectivity index (χ3n) is 3.20. The number of carboxylic acid groups (broad SMARTS) is 1. The number of nitrogens with one attached hydrogen (secondary N) is 1. The quantitative estimate of drug-likeness (QED) is 0.392. The molecule has 0 aliphatic heterocycles. The SMILES string of the molecule is O=C(O)CCCCCCCNC(=O)c1ccccc1[N+](=O)[O-]. The molecule has 0 heterocycles. The third-order valence-corrected chi connectivity index (χ3v) is 3.20. The van der Waals surface area contributed by atoms with E-state index >= 15 is 0 Å². The van der Waals surface area contributed by atoms with Gasteiger partial charge < -0.3 is 10.4 Å². The maximum atomic E-state index is 11.9. The van der Waals surface area contributed by atoms with Gasteiger partial charge in [-0.05, 0) is 18.9 Å². The molecule has 0 atom stereocenters. The van der Waals surface area contributed by atoms with Crippen molar-refractivity contribution in [2.45, 2.75) is 38.5 Å². The number of rotatable bonds is 10. The van der Waals surface area contributed by atoms with Crippen LogP contribution in [-0.4, -0.2) is 28.5 Å². The Morgan fingerprint density at radius 2 is 1.73 bits per heavy atom. The monoisotopic (exact) mass is 308 g/mol. The van der Waals surface area contributed by atoms with Crippen molar-refractivity contribution in [2.75, 3.05) is 6.54 Å². The van der Waals surface area contributed by atoms with Crippen LogP contribution in [0.5, 0.6) is 0 Å². The average Bonchev–Trinajstić information content (AvgIpc) is 2.49. The zero-order chi connectivity index (χ0) is 16.4. The first-order chi connectivity index (χ1) is 10.5. The number of carbonyl (C=O) groups is 2. The van der Waals surface area contributed by atoms with E-state index in [0.717, 1.165) is 25.7 Å². The minimum absolute atomic E-state index is 0.0639. The van der Waals surface area contributed by atoms with Gasteiger partial charge in [-0.25, -0.2) is 0 Å². The number of nitro benzene ring substituents is 1. The van der Waals surface area contributed by atoms with Gasteiger partial charge in [0.2, 0.25) is 0 Å². The number of amides is 1. The molecule has 7 heteroatoms. The van der Waals surface area contributed by atoms with Crippen LogP contribution in [0.3, 0.4) is 0 Å². The van der Waals surface area contributed by atoms with Crippen molar-refractivity contribution in [1.29, 1.82) is 0 Å². The van der Waals surface area contributed by atoms with Crippen LogP contribution in [-0.2, 0) is 4.79 Å². The van der Waals surface area contributed by atoms with Crippen molar-refractivity contribution in [3.63, 3.8) is 0 Å². The molecule has 0 fully saturated rings. The molecule has 1 aromatic rings. The molecule has 7 nitrogen and oxygen atoms in total. The van der Waals surface area contributed by atoms with E-state index in [4.69, 9.17) is 5.11 Å². The van der Waals surface area contributed by atoms with E-state index in [2.05, 4.69) is 5.32 Å². The molecule has 1 aromatic carbocycles. The maximum Gasteiger partial charge on any atom is 0.303 e. The summed E-state index contributed by atoms with van der Waals surface area (Å²) in [6.07, 6.45) is 4.27. The number of unbranched alkanes of at least 4 members (excludes halogenated alkanes) is 4. The van der Waals surface area contributed by atoms with Gasteiger partial charge >= 0.3 is 5.97 Å². The Labute approximate surface area is 128 Å². The Bertz CT molecular complexity index is 530. The van der Waals surface area contributed by atoms with Crippen LogP contribution in [0.4, 0.5) is 5.69 Å². The number of carboxylic acids is 1. The van der Waals surface area contributed by atoms with Crippen LogP contribution in [0.2, 0.25) is 0 Å². The third kappa shape index (κ3) is 6.34. The minimum atomic E-state index is -0.781. The molecule has 0 bridgehead atoms. The van der Waals surface area contributed by atoms with E-state index in [0.29, 0.717) is 13.0 Å². The fraction of sp³-hybridized carbons (Fsp3) is 0.467. The second-order valence-electron chi connectivity index (χ2n) is 4.94. The van der Waals surface area contributed by atoms with Gasteiger partial charge in [0, 0.05) is 19.0 Å². The van der Waals surface area contributed by atoms with Gasteiger partial charge in [0.05, 0.1) is 4.92 Å². The lowest BCUT2D eigenvalue weighted by atomic mass is 10.1. The van der Waals surface area contributed by atoms with E-state index < -0.39 is 16.8 Å². The summed E-state index contributed by atoms with van der Waals surface area (Å²) in [4.78, 5) is 32.5. The van der Waals surface area contributed by atoms with E-state index in [1.807, 2.05) is 0 Å². The molecule has 120 valence electrons. The summed E-state index contributed by atoms with van der Waals surface area (Å²) in [5.74, 6) is -1.23. The Morgan fingerprint density at radius 1 is 1.09 bits per heavy atom. The van der Waals surface area contributed by atoms with Crippen molar-refractivity contribution in [3.8, 4) is 0 Å². The molecule has 0 aliphatic rings. The number of hydrogen-bond donors (Lipinski definition) is 2. The van der Waals surface area contributed by atoms with Gasteiger partial charge in [-0.1, -0.05) is 31.4 Å². The van der Waals surface area contributed by atoms with Crippen LogP contribution < -0.4 is 5.32 Å². The van der Waals surface area contributed by atoms with Crippen LogP contribution >= 0.6 is 0 Å². The molecular weight excluding hydrogens is 288 g/mol. The Morgan fingerprint density at radius 3 is 2.41 bits per heavy atom. The zero-order valence-electron chi connectivity index (χ0n) is 12.3. The Balaban J connectivity index is 2.24. The topological polar surface area (TPSA) is 110 Å². The molecule has 1 rings (SSSR count). The van der Waals surface area contributed by atoms with Gasteiger partial charge in [0.1, 0.15) is 5.56 Å². The second-order valence-corrected chi connectivity index (χ2v) is 4.94. The molecule has 0 spiro atoms. The van der Waals surface area contributed by atoms with Crippen LogP contribution in [0, 0.1) is 10.1 Å². The molecular formula is C15H20N2O5. The number of nitrogens with zero attached hydrogens (tertiary/aromatic N) is 1. The number of hydrogen-bond acceptors (Lipinski definition) is 4. The lowest BCUT2D eigenvalue weighted by Gasteiger charge is -2.05. The number of para-hydroxylation sites is 1. The zero-order valence-corrected chi connectivity index (χ0v) is 12.3. The first kappa shape index (κ1) is 17.6. The average molecular weight is 308 g/mol.